The van der Waals surface area contributed by atoms with Crippen LogP contribution in [0.3, 0.4) is 0 Å². The average Bonchev–Trinajstić information content (AvgIpc) is 2.44. The van der Waals surface area contributed by atoms with E-state index >= 15 is 0 Å². The van der Waals surface area contributed by atoms with Crippen LogP contribution in [0.4, 0.5) is 11.4 Å². The zero-order valence-corrected chi connectivity index (χ0v) is 13.3. The van der Waals surface area contributed by atoms with Crippen molar-refractivity contribution >= 4 is 29.1 Å². The smallest absolute Gasteiger partial charge is 0.313 e. The maximum atomic E-state index is 11.8. The minimum absolute atomic E-state index is 0.0215. The number of methoxy groups -OCH3 is 1. The Morgan fingerprint density at radius 1 is 1.17 bits per heavy atom. The maximum Gasteiger partial charge on any atom is 0.313 e. The maximum absolute atomic E-state index is 11.8. The molecule has 1 unspecified atom stereocenters. The predicted octanol–water partition coefficient (Wildman–Crippen LogP) is 0.0971. The van der Waals surface area contributed by atoms with Crippen LogP contribution in [-0.2, 0) is 19.1 Å². The van der Waals surface area contributed by atoms with Crippen LogP contribution < -0.4 is 16.0 Å². The molecular formula is C15H21N3O5. The summed E-state index contributed by atoms with van der Waals surface area (Å²) >= 11 is 0. The molecule has 23 heavy (non-hydrogen) atoms. The zero-order chi connectivity index (χ0) is 17.5. The summed E-state index contributed by atoms with van der Waals surface area (Å²) in [5, 5.41) is 17.1. The van der Waals surface area contributed by atoms with Gasteiger partial charge in [-0.15, -0.1) is 0 Å². The number of benzene rings is 1. The van der Waals surface area contributed by atoms with Crippen molar-refractivity contribution in [1.29, 1.82) is 0 Å². The van der Waals surface area contributed by atoms with E-state index in [-0.39, 0.29) is 19.1 Å². The van der Waals surface area contributed by atoms with E-state index < -0.39 is 17.4 Å². The minimum Gasteiger partial charge on any atom is -0.386 e. The van der Waals surface area contributed by atoms with Gasteiger partial charge in [-0.05, 0) is 25.1 Å². The number of aliphatic hydroxyl groups is 1. The van der Waals surface area contributed by atoms with Crippen molar-refractivity contribution in [1.82, 2.24) is 5.32 Å². The molecule has 0 radical (unpaired) electrons. The van der Waals surface area contributed by atoms with Crippen molar-refractivity contribution < 1.29 is 24.2 Å². The first-order valence-electron chi connectivity index (χ1n) is 6.91. The fraction of sp³-hybridized carbons (Fsp3) is 0.400. The Labute approximate surface area is 134 Å². The van der Waals surface area contributed by atoms with Gasteiger partial charge in [-0.1, -0.05) is 6.07 Å². The molecule has 8 nitrogen and oxygen atoms in total. The lowest BCUT2D eigenvalue weighted by atomic mass is 10.1. The van der Waals surface area contributed by atoms with Crippen molar-refractivity contribution in [3.8, 4) is 0 Å². The van der Waals surface area contributed by atoms with Gasteiger partial charge in [0, 0.05) is 32.0 Å². The normalized spacial score (nSPS) is 12.9. The monoisotopic (exact) mass is 323 g/mol. The van der Waals surface area contributed by atoms with Crippen molar-refractivity contribution in [2.45, 2.75) is 19.4 Å². The molecule has 1 rings (SSSR count). The van der Waals surface area contributed by atoms with Gasteiger partial charge in [-0.2, -0.15) is 0 Å². The molecule has 0 fully saturated rings. The molecule has 0 aromatic heterocycles. The van der Waals surface area contributed by atoms with Crippen LogP contribution in [0.5, 0.6) is 0 Å². The molecule has 1 aromatic rings. The van der Waals surface area contributed by atoms with Gasteiger partial charge in [0.1, 0.15) is 5.60 Å². The quantitative estimate of drug-likeness (QED) is 0.554. The van der Waals surface area contributed by atoms with E-state index in [9.17, 15) is 19.5 Å². The topological polar surface area (TPSA) is 117 Å². The third kappa shape index (κ3) is 6.90. The summed E-state index contributed by atoms with van der Waals surface area (Å²) in [5.41, 5.74) is -0.408. The highest BCUT2D eigenvalue weighted by Gasteiger charge is 2.23. The second kappa shape index (κ2) is 8.25. The van der Waals surface area contributed by atoms with Crippen LogP contribution in [0.2, 0.25) is 0 Å². The van der Waals surface area contributed by atoms with E-state index in [0.29, 0.717) is 11.4 Å². The molecule has 0 aliphatic carbocycles. The highest BCUT2D eigenvalue weighted by Crippen LogP contribution is 2.14. The molecule has 1 atom stereocenters. The number of hydrogen-bond acceptors (Lipinski definition) is 5. The van der Waals surface area contributed by atoms with Gasteiger partial charge in [-0.3, -0.25) is 14.4 Å². The third-order valence-corrected chi connectivity index (χ3v) is 2.73. The van der Waals surface area contributed by atoms with Gasteiger partial charge in [0.15, 0.2) is 0 Å². The number of rotatable bonds is 6. The average molecular weight is 323 g/mol. The van der Waals surface area contributed by atoms with Crippen LogP contribution in [0, 0.1) is 0 Å². The molecule has 0 aliphatic heterocycles. The highest BCUT2D eigenvalue weighted by molar-refractivity contribution is 6.39. The van der Waals surface area contributed by atoms with E-state index in [4.69, 9.17) is 4.74 Å². The third-order valence-electron chi connectivity index (χ3n) is 2.73. The number of carbonyl (C=O) groups is 3. The molecule has 0 saturated heterocycles. The van der Waals surface area contributed by atoms with Gasteiger partial charge < -0.3 is 25.8 Å². The zero-order valence-electron chi connectivity index (χ0n) is 13.3. The summed E-state index contributed by atoms with van der Waals surface area (Å²) in [6, 6.07) is 6.38. The molecule has 0 bridgehead atoms. The summed E-state index contributed by atoms with van der Waals surface area (Å²) in [6.45, 7) is 2.74. The number of amides is 3. The minimum atomic E-state index is -1.27. The SMILES string of the molecule is COCC(C)(O)CNC(=O)C(=O)Nc1cccc(NC(C)=O)c1. The second-order valence-electron chi connectivity index (χ2n) is 5.33. The molecule has 0 aliphatic rings. The Balaban J connectivity index is 2.58. The lowest BCUT2D eigenvalue weighted by Gasteiger charge is -2.22. The number of hydrogen-bond donors (Lipinski definition) is 4. The van der Waals surface area contributed by atoms with E-state index in [1.807, 2.05) is 0 Å². The summed E-state index contributed by atoms with van der Waals surface area (Å²) in [7, 11) is 1.42. The summed E-state index contributed by atoms with van der Waals surface area (Å²) in [5.74, 6) is -2.00. The van der Waals surface area contributed by atoms with Crippen LogP contribution >= 0.6 is 0 Å². The second-order valence-corrected chi connectivity index (χ2v) is 5.33. The van der Waals surface area contributed by atoms with Gasteiger partial charge in [0.05, 0.1) is 6.61 Å². The Hall–Kier alpha value is -2.45. The number of carbonyl (C=O) groups excluding carboxylic acids is 3. The van der Waals surface area contributed by atoms with E-state index in [2.05, 4.69) is 16.0 Å². The predicted molar refractivity (Wildman–Crippen MR) is 84.9 cm³/mol. The fourth-order valence-electron chi connectivity index (χ4n) is 1.78. The summed E-state index contributed by atoms with van der Waals surface area (Å²) in [6.07, 6.45) is 0. The molecule has 0 spiro atoms. The summed E-state index contributed by atoms with van der Waals surface area (Å²) in [4.78, 5) is 34.5. The van der Waals surface area contributed by atoms with E-state index in [1.54, 1.807) is 18.2 Å². The van der Waals surface area contributed by atoms with Crippen LogP contribution in [0.1, 0.15) is 13.8 Å². The molecule has 0 heterocycles. The molecule has 3 amide bonds. The number of anilines is 2. The molecular weight excluding hydrogens is 302 g/mol. The summed E-state index contributed by atoms with van der Waals surface area (Å²) < 4.78 is 4.80. The van der Waals surface area contributed by atoms with Crippen LogP contribution in [-0.4, -0.2) is 48.7 Å². The number of nitrogens with one attached hydrogen (secondary N) is 3. The largest absolute Gasteiger partial charge is 0.386 e. The van der Waals surface area contributed by atoms with E-state index in [1.165, 1.54) is 27.0 Å². The molecule has 126 valence electrons. The Kier molecular flexibility index (Phi) is 6.67. The first kappa shape index (κ1) is 18.6. The first-order valence-corrected chi connectivity index (χ1v) is 6.91. The molecule has 4 N–H and O–H groups in total. The number of ether oxygens (including phenoxy) is 1. The van der Waals surface area contributed by atoms with Crippen LogP contribution in [0.25, 0.3) is 0 Å². The van der Waals surface area contributed by atoms with Gasteiger partial charge in [0.2, 0.25) is 5.91 Å². The highest BCUT2D eigenvalue weighted by atomic mass is 16.5. The van der Waals surface area contributed by atoms with E-state index in [0.717, 1.165) is 0 Å². The molecule has 8 heteroatoms. The Morgan fingerprint density at radius 3 is 2.35 bits per heavy atom. The molecule has 1 aromatic carbocycles. The van der Waals surface area contributed by atoms with Crippen molar-refractivity contribution in [2.75, 3.05) is 30.9 Å². The van der Waals surface area contributed by atoms with Crippen molar-refractivity contribution in [2.24, 2.45) is 0 Å². The Morgan fingerprint density at radius 2 is 1.78 bits per heavy atom. The van der Waals surface area contributed by atoms with Crippen LogP contribution in [0.15, 0.2) is 24.3 Å². The fourth-order valence-corrected chi connectivity index (χ4v) is 1.78. The molecule has 0 saturated carbocycles. The van der Waals surface area contributed by atoms with Gasteiger partial charge in [0.25, 0.3) is 0 Å². The lowest BCUT2D eigenvalue weighted by molar-refractivity contribution is -0.137. The Bertz CT molecular complexity index is 586. The lowest BCUT2D eigenvalue weighted by Crippen LogP contribution is -2.46. The van der Waals surface area contributed by atoms with Crippen molar-refractivity contribution in [3.05, 3.63) is 24.3 Å². The first-order chi connectivity index (χ1) is 10.7. The van der Waals surface area contributed by atoms with Crippen molar-refractivity contribution in [3.63, 3.8) is 0 Å². The van der Waals surface area contributed by atoms with Gasteiger partial charge >= 0.3 is 11.8 Å². The standard InChI is InChI=1S/C15H21N3O5/c1-10(19)17-11-5-4-6-12(7-11)18-14(21)13(20)16-8-15(2,22)9-23-3/h4-7,22H,8-9H2,1-3H3,(H,16,20)(H,17,19)(H,18,21). The van der Waals surface area contributed by atoms with Gasteiger partial charge in [-0.25, -0.2) is 0 Å².